The third kappa shape index (κ3) is 1.27. The standard InChI is InChI=1S/C8H15N3O/c1-6-4-7(5-10-6)11-3-2-9-8(11)12/h6-7,10H,2-5H2,1H3,(H,9,12). The van der Waals surface area contributed by atoms with Gasteiger partial charge in [0.15, 0.2) is 0 Å². The highest BCUT2D eigenvalue weighted by atomic mass is 16.2. The summed E-state index contributed by atoms with van der Waals surface area (Å²) in [5, 5.41) is 6.17. The van der Waals surface area contributed by atoms with Crippen LogP contribution in [0, 0.1) is 0 Å². The lowest BCUT2D eigenvalue weighted by atomic mass is 10.2. The van der Waals surface area contributed by atoms with Gasteiger partial charge in [0, 0.05) is 31.7 Å². The molecule has 2 heterocycles. The lowest BCUT2D eigenvalue weighted by Crippen LogP contribution is -2.39. The lowest BCUT2D eigenvalue weighted by molar-refractivity contribution is 0.201. The molecule has 68 valence electrons. The van der Waals surface area contributed by atoms with Gasteiger partial charge in [-0.05, 0) is 13.3 Å². The third-order valence-corrected chi connectivity index (χ3v) is 2.66. The van der Waals surface area contributed by atoms with Crippen LogP contribution in [-0.2, 0) is 0 Å². The quantitative estimate of drug-likeness (QED) is 0.569. The van der Waals surface area contributed by atoms with Crippen LogP contribution in [0.3, 0.4) is 0 Å². The number of amides is 2. The summed E-state index contributed by atoms with van der Waals surface area (Å²) >= 11 is 0. The van der Waals surface area contributed by atoms with E-state index in [2.05, 4.69) is 17.6 Å². The predicted molar refractivity (Wildman–Crippen MR) is 46.0 cm³/mol. The molecule has 2 fully saturated rings. The summed E-state index contributed by atoms with van der Waals surface area (Å²) in [5.41, 5.74) is 0. The SMILES string of the molecule is CC1CC(N2CCNC2=O)CN1. The normalized spacial score (nSPS) is 35.8. The maximum Gasteiger partial charge on any atom is 0.317 e. The monoisotopic (exact) mass is 169 g/mol. The summed E-state index contributed by atoms with van der Waals surface area (Å²) in [6, 6.07) is 1.08. The van der Waals surface area contributed by atoms with E-state index in [4.69, 9.17) is 0 Å². The summed E-state index contributed by atoms with van der Waals surface area (Å²) in [6.07, 6.45) is 1.09. The predicted octanol–water partition coefficient (Wildman–Crippen LogP) is -0.238. The largest absolute Gasteiger partial charge is 0.336 e. The van der Waals surface area contributed by atoms with E-state index in [1.165, 1.54) is 0 Å². The Bertz CT molecular complexity index is 195. The second-order valence-electron chi connectivity index (χ2n) is 3.62. The van der Waals surface area contributed by atoms with Crippen LogP contribution in [0.5, 0.6) is 0 Å². The summed E-state index contributed by atoms with van der Waals surface area (Å²) in [5.74, 6) is 0. The molecule has 2 amide bonds. The van der Waals surface area contributed by atoms with E-state index >= 15 is 0 Å². The summed E-state index contributed by atoms with van der Waals surface area (Å²) < 4.78 is 0. The molecule has 2 aliphatic heterocycles. The Morgan fingerprint density at radius 1 is 1.58 bits per heavy atom. The van der Waals surface area contributed by atoms with E-state index in [1.54, 1.807) is 0 Å². The molecular formula is C8H15N3O. The van der Waals surface area contributed by atoms with Crippen LogP contribution in [0.25, 0.3) is 0 Å². The average Bonchev–Trinajstić information content (AvgIpc) is 2.58. The van der Waals surface area contributed by atoms with Crippen molar-refractivity contribution in [2.24, 2.45) is 0 Å². The fourth-order valence-corrected chi connectivity index (χ4v) is 1.98. The Balaban J connectivity index is 1.96. The van der Waals surface area contributed by atoms with Gasteiger partial charge < -0.3 is 15.5 Å². The molecule has 4 heteroatoms. The minimum absolute atomic E-state index is 0.107. The third-order valence-electron chi connectivity index (χ3n) is 2.66. The van der Waals surface area contributed by atoms with Gasteiger partial charge in [-0.2, -0.15) is 0 Å². The Morgan fingerprint density at radius 2 is 2.42 bits per heavy atom. The van der Waals surface area contributed by atoms with Crippen LogP contribution < -0.4 is 10.6 Å². The van der Waals surface area contributed by atoms with Gasteiger partial charge in [-0.15, -0.1) is 0 Å². The van der Waals surface area contributed by atoms with Gasteiger partial charge >= 0.3 is 6.03 Å². The molecule has 2 rings (SSSR count). The number of carbonyl (C=O) groups is 1. The van der Waals surface area contributed by atoms with Crippen molar-refractivity contribution in [3.63, 3.8) is 0 Å². The maximum atomic E-state index is 11.3. The molecule has 0 bridgehead atoms. The van der Waals surface area contributed by atoms with Gasteiger partial charge in [-0.25, -0.2) is 4.79 Å². The minimum Gasteiger partial charge on any atom is -0.336 e. The zero-order chi connectivity index (χ0) is 8.55. The van der Waals surface area contributed by atoms with Crippen molar-refractivity contribution in [3.8, 4) is 0 Å². The zero-order valence-electron chi connectivity index (χ0n) is 7.34. The number of hydrogen-bond acceptors (Lipinski definition) is 2. The van der Waals surface area contributed by atoms with Crippen molar-refractivity contribution < 1.29 is 4.79 Å². The van der Waals surface area contributed by atoms with E-state index in [1.807, 2.05) is 4.90 Å². The van der Waals surface area contributed by atoms with Gasteiger partial charge in [0.05, 0.1) is 0 Å². The van der Waals surface area contributed by atoms with Crippen molar-refractivity contribution >= 4 is 6.03 Å². The number of hydrogen-bond donors (Lipinski definition) is 2. The van der Waals surface area contributed by atoms with Crippen LogP contribution in [0.1, 0.15) is 13.3 Å². The first-order valence-corrected chi connectivity index (χ1v) is 4.55. The van der Waals surface area contributed by atoms with Gasteiger partial charge in [0.2, 0.25) is 0 Å². The van der Waals surface area contributed by atoms with Gasteiger partial charge in [-0.1, -0.05) is 0 Å². The van der Waals surface area contributed by atoms with E-state index in [0.29, 0.717) is 12.1 Å². The van der Waals surface area contributed by atoms with E-state index < -0.39 is 0 Å². The van der Waals surface area contributed by atoms with Gasteiger partial charge in [0.25, 0.3) is 0 Å². The lowest BCUT2D eigenvalue weighted by Gasteiger charge is -2.21. The highest BCUT2D eigenvalue weighted by Gasteiger charge is 2.31. The molecule has 2 aliphatic rings. The van der Waals surface area contributed by atoms with E-state index in [-0.39, 0.29) is 6.03 Å². The second kappa shape index (κ2) is 2.94. The minimum atomic E-state index is 0.107. The molecule has 0 aromatic rings. The molecule has 0 spiro atoms. The van der Waals surface area contributed by atoms with Crippen molar-refractivity contribution in [2.75, 3.05) is 19.6 Å². The van der Waals surface area contributed by atoms with Crippen molar-refractivity contribution in [1.29, 1.82) is 0 Å². The molecule has 0 aromatic heterocycles. The van der Waals surface area contributed by atoms with Crippen LogP contribution in [0.15, 0.2) is 0 Å². The first-order valence-electron chi connectivity index (χ1n) is 4.55. The second-order valence-corrected chi connectivity index (χ2v) is 3.62. The number of urea groups is 1. The average molecular weight is 169 g/mol. The Kier molecular flexibility index (Phi) is 1.92. The molecule has 0 aromatic carbocycles. The summed E-state index contributed by atoms with van der Waals surface area (Å²) in [6.45, 7) is 4.80. The molecule has 2 unspecified atom stereocenters. The first-order chi connectivity index (χ1) is 5.77. The van der Waals surface area contributed by atoms with E-state index in [0.717, 1.165) is 26.1 Å². The van der Waals surface area contributed by atoms with Crippen LogP contribution in [0.4, 0.5) is 4.79 Å². The van der Waals surface area contributed by atoms with Crippen LogP contribution in [0.2, 0.25) is 0 Å². The molecule has 4 nitrogen and oxygen atoms in total. The first kappa shape index (κ1) is 7.86. The number of rotatable bonds is 1. The highest BCUT2D eigenvalue weighted by Crippen LogP contribution is 2.14. The molecule has 12 heavy (non-hydrogen) atoms. The molecule has 2 saturated heterocycles. The molecular weight excluding hydrogens is 154 g/mol. The number of nitrogens with zero attached hydrogens (tertiary/aromatic N) is 1. The van der Waals surface area contributed by atoms with Crippen LogP contribution in [-0.4, -0.2) is 42.6 Å². The van der Waals surface area contributed by atoms with Crippen molar-refractivity contribution in [2.45, 2.75) is 25.4 Å². The van der Waals surface area contributed by atoms with Crippen LogP contribution >= 0.6 is 0 Å². The molecule has 2 atom stereocenters. The molecule has 0 saturated carbocycles. The fourth-order valence-electron chi connectivity index (χ4n) is 1.98. The smallest absolute Gasteiger partial charge is 0.317 e. The summed E-state index contributed by atoms with van der Waals surface area (Å²) in [4.78, 5) is 13.2. The fraction of sp³-hybridized carbons (Fsp3) is 0.875. The highest BCUT2D eigenvalue weighted by molar-refractivity contribution is 5.76. The zero-order valence-corrected chi connectivity index (χ0v) is 7.34. The topological polar surface area (TPSA) is 44.4 Å². The van der Waals surface area contributed by atoms with Gasteiger partial charge in [-0.3, -0.25) is 0 Å². The Hall–Kier alpha value is -0.770. The molecule has 0 radical (unpaired) electrons. The Morgan fingerprint density at radius 3 is 2.92 bits per heavy atom. The molecule has 0 aliphatic carbocycles. The Labute approximate surface area is 72.3 Å². The molecule has 2 N–H and O–H groups in total. The van der Waals surface area contributed by atoms with Crippen molar-refractivity contribution in [3.05, 3.63) is 0 Å². The number of carbonyl (C=O) groups excluding carboxylic acids is 1. The van der Waals surface area contributed by atoms with Crippen molar-refractivity contribution in [1.82, 2.24) is 15.5 Å². The summed E-state index contributed by atoms with van der Waals surface area (Å²) in [7, 11) is 0. The van der Waals surface area contributed by atoms with Gasteiger partial charge in [0.1, 0.15) is 0 Å². The van der Waals surface area contributed by atoms with E-state index in [9.17, 15) is 4.79 Å². The maximum absolute atomic E-state index is 11.3. The number of nitrogens with one attached hydrogen (secondary N) is 2.